The number of nitro groups is 1. The lowest BCUT2D eigenvalue weighted by Gasteiger charge is -2.04. The van der Waals surface area contributed by atoms with Crippen LogP contribution in [0.5, 0.6) is 5.75 Å². The SMILES string of the molecule is COc1ccc(-c2nn(-c3ccccc3)cc2C=CC(=O)c2cccs2)cc1[N+](=O)[O-]. The second kappa shape index (κ2) is 8.76. The van der Waals surface area contributed by atoms with Crippen molar-refractivity contribution in [3.8, 4) is 22.7 Å². The first kappa shape index (κ1) is 20.2. The smallest absolute Gasteiger partial charge is 0.311 e. The van der Waals surface area contributed by atoms with E-state index in [4.69, 9.17) is 4.74 Å². The summed E-state index contributed by atoms with van der Waals surface area (Å²) < 4.78 is 6.78. The first-order valence-electron chi connectivity index (χ1n) is 9.30. The Morgan fingerprint density at radius 1 is 1.16 bits per heavy atom. The van der Waals surface area contributed by atoms with Crippen LogP contribution in [0.2, 0.25) is 0 Å². The Balaban J connectivity index is 1.80. The summed E-state index contributed by atoms with van der Waals surface area (Å²) in [6.07, 6.45) is 4.96. The zero-order valence-corrected chi connectivity index (χ0v) is 17.3. The molecule has 0 aliphatic rings. The fourth-order valence-electron chi connectivity index (χ4n) is 3.09. The van der Waals surface area contributed by atoms with Crippen LogP contribution in [-0.4, -0.2) is 27.6 Å². The molecule has 0 bridgehead atoms. The Labute approximate surface area is 182 Å². The van der Waals surface area contributed by atoms with Gasteiger partial charge in [0.05, 0.1) is 22.6 Å². The summed E-state index contributed by atoms with van der Waals surface area (Å²) >= 11 is 1.37. The van der Waals surface area contributed by atoms with Gasteiger partial charge in [0.25, 0.3) is 0 Å². The number of nitro benzene ring substituents is 1. The van der Waals surface area contributed by atoms with Crippen LogP contribution in [0.1, 0.15) is 15.2 Å². The number of methoxy groups -OCH3 is 1. The summed E-state index contributed by atoms with van der Waals surface area (Å²) in [4.78, 5) is 24.0. The Bertz CT molecular complexity index is 1260. The topological polar surface area (TPSA) is 87.3 Å². The highest BCUT2D eigenvalue weighted by Crippen LogP contribution is 2.33. The molecule has 0 fully saturated rings. The van der Waals surface area contributed by atoms with Gasteiger partial charge in [-0.1, -0.05) is 24.3 Å². The molecule has 0 N–H and O–H groups in total. The molecule has 0 saturated carbocycles. The van der Waals surface area contributed by atoms with Crippen molar-refractivity contribution < 1.29 is 14.5 Å². The molecule has 0 aliphatic carbocycles. The number of rotatable bonds is 7. The zero-order chi connectivity index (χ0) is 21.8. The predicted molar refractivity (Wildman–Crippen MR) is 120 cm³/mol. The van der Waals surface area contributed by atoms with E-state index in [9.17, 15) is 14.9 Å². The lowest BCUT2D eigenvalue weighted by Crippen LogP contribution is -1.96. The fourth-order valence-corrected chi connectivity index (χ4v) is 3.74. The van der Waals surface area contributed by atoms with Gasteiger partial charge in [0.1, 0.15) is 5.69 Å². The van der Waals surface area contributed by atoms with Crippen molar-refractivity contribution >= 4 is 28.9 Å². The maximum Gasteiger partial charge on any atom is 0.311 e. The Hall–Kier alpha value is -4.04. The van der Waals surface area contributed by atoms with Crippen LogP contribution in [-0.2, 0) is 0 Å². The van der Waals surface area contributed by atoms with Crippen LogP contribution in [0.4, 0.5) is 5.69 Å². The molecule has 4 aromatic rings. The van der Waals surface area contributed by atoms with Gasteiger partial charge in [-0.25, -0.2) is 4.68 Å². The van der Waals surface area contributed by atoms with E-state index >= 15 is 0 Å². The first-order chi connectivity index (χ1) is 15.1. The van der Waals surface area contributed by atoms with Crippen LogP contribution >= 0.6 is 11.3 Å². The van der Waals surface area contributed by atoms with Crippen molar-refractivity contribution in [2.75, 3.05) is 7.11 Å². The van der Waals surface area contributed by atoms with E-state index < -0.39 is 4.92 Å². The Kier molecular flexibility index (Phi) is 5.72. The highest BCUT2D eigenvalue weighted by molar-refractivity contribution is 7.12. The lowest BCUT2D eigenvalue weighted by atomic mass is 10.1. The minimum Gasteiger partial charge on any atom is -0.490 e. The van der Waals surface area contributed by atoms with Crippen molar-refractivity contribution in [3.63, 3.8) is 0 Å². The number of ether oxygens (including phenoxy) is 1. The maximum absolute atomic E-state index is 12.4. The van der Waals surface area contributed by atoms with Gasteiger partial charge in [0.15, 0.2) is 11.5 Å². The minimum atomic E-state index is -0.494. The minimum absolute atomic E-state index is 0.117. The van der Waals surface area contributed by atoms with Crippen LogP contribution in [0.15, 0.2) is 78.3 Å². The van der Waals surface area contributed by atoms with Gasteiger partial charge < -0.3 is 4.74 Å². The van der Waals surface area contributed by atoms with E-state index in [0.717, 1.165) is 5.69 Å². The maximum atomic E-state index is 12.4. The van der Waals surface area contributed by atoms with Gasteiger partial charge in [0, 0.05) is 23.4 Å². The van der Waals surface area contributed by atoms with Gasteiger partial charge in [-0.2, -0.15) is 5.10 Å². The van der Waals surface area contributed by atoms with E-state index in [1.807, 2.05) is 41.8 Å². The number of allylic oxidation sites excluding steroid dienone is 1. The van der Waals surface area contributed by atoms with Crippen molar-refractivity contribution in [1.29, 1.82) is 0 Å². The number of carbonyl (C=O) groups is 1. The normalized spacial score (nSPS) is 11.0. The number of para-hydroxylation sites is 1. The van der Waals surface area contributed by atoms with Crippen LogP contribution < -0.4 is 4.74 Å². The molecule has 2 heterocycles. The van der Waals surface area contributed by atoms with Gasteiger partial charge in [-0.15, -0.1) is 11.3 Å². The van der Waals surface area contributed by atoms with E-state index in [1.54, 1.807) is 35.2 Å². The second-order valence-corrected chi connectivity index (χ2v) is 7.48. The number of aromatic nitrogens is 2. The average Bonchev–Trinajstić information content (AvgIpc) is 3.48. The van der Waals surface area contributed by atoms with Gasteiger partial charge in [-0.05, 0) is 47.9 Å². The Morgan fingerprint density at radius 2 is 1.97 bits per heavy atom. The lowest BCUT2D eigenvalue weighted by molar-refractivity contribution is -0.385. The summed E-state index contributed by atoms with van der Waals surface area (Å²) in [5.41, 5.74) is 2.40. The first-order valence-corrected chi connectivity index (χ1v) is 10.2. The molecule has 2 aromatic heterocycles. The average molecular weight is 431 g/mol. The number of ketones is 1. The molecule has 7 nitrogen and oxygen atoms in total. The summed E-state index contributed by atoms with van der Waals surface area (Å²) in [7, 11) is 1.39. The summed E-state index contributed by atoms with van der Waals surface area (Å²) in [6, 6.07) is 17.8. The third-order valence-electron chi connectivity index (χ3n) is 4.59. The predicted octanol–water partition coefficient (Wildman–Crippen LogP) is 5.41. The van der Waals surface area contributed by atoms with E-state index in [-0.39, 0.29) is 17.2 Å². The standard InChI is InChI=1S/C23H17N3O4S/c1-30-21-12-10-16(14-19(21)26(28)29)23-17(9-11-20(27)22-8-5-13-31-22)15-25(24-23)18-6-3-2-4-7-18/h2-15H,1H3. The molecule has 154 valence electrons. The third kappa shape index (κ3) is 4.29. The van der Waals surface area contributed by atoms with Crippen molar-refractivity contribution in [2.45, 2.75) is 0 Å². The van der Waals surface area contributed by atoms with Crippen molar-refractivity contribution in [1.82, 2.24) is 9.78 Å². The molecule has 0 spiro atoms. The van der Waals surface area contributed by atoms with E-state index in [1.165, 1.54) is 30.6 Å². The van der Waals surface area contributed by atoms with Gasteiger partial charge in [-0.3, -0.25) is 14.9 Å². The molecule has 0 radical (unpaired) electrons. The molecule has 31 heavy (non-hydrogen) atoms. The summed E-state index contributed by atoms with van der Waals surface area (Å²) in [5.74, 6) is 0.0512. The quantitative estimate of drug-likeness (QED) is 0.169. The summed E-state index contributed by atoms with van der Waals surface area (Å²) in [5, 5.41) is 17.9. The highest BCUT2D eigenvalue weighted by Gasteiger charge is 2.19. The second-order valence-electron chi connectivity index (χ2n) is 6.53. The number of thiophene rings is 1. The number of hydrogen-bond donors (Lipinski definition) is 0. The van der Waals surface area contributed by atoms with E-state index in [0.29, 0.717) is 21.7 Å². The van der Waals surface area contributed by atoms with Crippen molar-refractivity contribution in [3.05, 3.63) is 98.9 Å². The van der Waals surface area contributed by atoms with Crippen molar-refractivity contribution in [2.24, 2.45) is 0 Å². The molecule has 0 amide bonds. The number of benzene rings is 2. The zero-order valence-electron chi connectivity index (χ0n) is 16.5. The number of nitrogens with zero attached hydrogens (tertiary/aromatic N) is 3. The molecule has 2 aromatic carbocycles. The molecule has 0 atom stereocenters. The molecule has 4 rings (SSSR count). The Morgan fingerprint density at radius 3 is 2.65 bits per heavy atom. The van der Waals surface area contributed by atoms with Crippen LogP contribution in [0.3, 0.4) is 0 Å². The van der Waals surface area contributed by atoms with E-state index in [2.05, 4.69) is 5.10 Å². The molecular weight excluding hydrogens is 414 g/mol. The van der Waals surface area contributed by atoms with Gasteiger partial charge >= 0.3 is 5.69 Å². The van der Waals surface area contributed by atoms with Crippen LogP contribution in [0.25, 0.3) is 23.0 Å². The monoisotopic (exact) mass is 431 g/mol. The largest absolute Gasteiger partial charge is 0.490 e. The number of carbonyl (C=O) groups excluding carboxylic acids is 1. The van der Waals surface area contributed by atoms with Gasteiger partial charge in [0.2, 0.25) is 0 Å². The molecule has 0 aliphatic heterocycles. The molecule has 0 unspecified atom stereocenters. The number of hydrogen-bond acceptors (Lipinski definition) is 6. The highest BCUT2D eigenvalue weighted by atomic mass is 32.1. The molecular formula is C23H17N3O4S. The fraction of sp³-hybridized carbons (Fsp3) is 0.0435. The summed E-state index contributed by atoms with van der Waals surface area (Å²) in [6.45, 7) is 0. The van der Waals surface area contributed by atoms with Crippen LogP contribution in [0, 0.1) is 10.1 Å². The molecule has 8 heteroatoms. The molecule has 0 saturated heterocycles. The third-order valence-corrected chi connectivity index (χ3v) is 5.47.